The highest BCUT2D eigenvalue weighted by atomic mass is 16.3. The molecule has 0 spiro atoms. The van der Waals surface area contributed by atoms with Gasteiger partial charge in [-0.25, -0.2) is 15.0 Å². The lowest BCUT2D eigenvalue weighted by Crippen LogP contribution is -2.09. The van der Waals surface area contributed by atoms with Gasteiger partial charge in [-0.15, -0.1) is 0 Å². The zero-order chi connectivity index (χ0) is 37.3. The smallest absolute Gasteiger partial charge is 0.164 e. The van der Waals surface area contributed by atoms with Gasteiger partial charge in [-0.3, -0.25) is 0 Å². The molecule has 0 atom stereocenters. The van der Waals surface area contributed by atoms with Crippen molar-refractivity contribution in [2.45, 2.75) is 0 Å². The SMILES string of the molecule is c1ccc(-c2ccc(N(c3ccccc3)c3ccc4c(c3)oc3cc(-c5nc(-c6ccccc6)nc(-c6cccc(-c7ccccc7)c6)n5)ccc34)cc2)cc1. The molecule has 0 bridgehead atoms. The molecule has 0 saturated carbocycles. The largest absolute Gasteiger partial charge is 0.456 e. The Hall–Kier alpha value is -7.63. The van der Waals surface area contributed by atoms with Gasteiger partial charge >= 0.3 is 0 Å². The predicted molar refractivity (Wildman–Crippen MR) is 229 cm³/mol. The van der Waals surface area contributed by atoms with Crippen LogP contribution in [-0.4, -0.2) is 15.0 Å². The van der Waals surface area contributed by atoms with Crippen molar-refractivity contribution in [3.63, 3.8) is 0 Å². The van der Waals surface area contributed by atoms with E-state index in [1.54, 1.807) is 0 Å². The van der Waals surface area contributed by atoms with Gasteiger partial charge in [0, 0.05) is 50.6 Å². The van der Waals surface area contributed by atoms with Crippen LogP contribution in [0.15, 0.2) is 211 Å². The van der Waals surface area contributed by atoms with E-state index in [4.69, 9.17) is 19.4 Å². The Balaban J connectivity index is 1.05. The van der Waals surface area contributed by atoms with Crippen LogP contribution in [0.4, 0.5) is 17.1 Å². The molecule has 8 aromatic carbocycles. The average Bonchev–Trinajstić information content (AvgIpc) is 3.65. The first-order valence-electron chi connectivity index (χ1n) is 18.7. The van der Waals surface area contributed by atoms with Crippen molar-refractivity contribution in [1.29, 1.82) is 0 Å². The highest BCUT2D eigenvalue weighted by Gasteiger charge is 2.18. The van der Waals surface area contributed by atoms with Gasteiger partial charge < -0.3 is 9.32 Å². The summed E-state index contributed by atoms with van der Waals surface area (Å²) in [6.45, 7) is 0. The molecular formula is C51H34N4O. The minimum Gasteiger partial charge on any atom is -0.456 e. The van der Waals surface area contributed by atoms with E-state index in [1.165, 1.54) is 11.1 Å². The first-order valence-corrected chi connectivity index (χ1v) is 18.7. The van der Waals surface area contributed by atoms with E-state index in [-0.39, 0.29) is 0 Å². The van der Waals surface area contributed by atoms with E-state index in [2.05, 4.69) is 157 Å². The summed E-state index contributed by atoms with van der Waals surface area (Å²) in [4.78, 5) is 17.3. The molecule has 56 heavy (non-hydrogen) atoms. The van der Waals surface area contributed by atoms with Gasteiger partial charge in [0.15, 0.2) is 17.5 Å². The van der Waals surface area contributed by atoms with Crippen LogP contribution in [0.1, 0.15) is 0 Å². The molecule has 0 fully saturated rings. The average molecular weight is 719 g/mol. The van der Waals surface area contributed by atoms with Crippen molar-refractivity contribution in [2.24, 2.45) is 0 Å². The number of hydrogen-bond acceptors (Lipinski definition) is 5. The topological polar surface area (TPSA) is 55.1 Å². The standard InChI is InChI=1S/C51H34N4O/c1-5-14-35(15-6-1)37-24-27-43(28-25-37)55(42-22-11-4-12-23-42)44-29-31-46-45-30-26-41(33-47(45)56-48(46)34-44)51-53-49(38-18-9-3-10-19-38)52-50(54-51)40-21-13-20-39(32-40)36-16-7-2-8-17-36/h1-34H. The van der Waals surface area contributed by atoms with Gasteiger partial charge in [-0.05, 0) is 76.9 Å². The van der Waals surface area contributed by atoms with Crippen molar-refractivity contribution in [1.82, 2.24) is 15.0 Å². The van der Waals surface area contributed by atoms with Crippen LogP contribution in [0, 0.1) is 0 Å². The van der Waals surface area contributed by atoms with Crippen molar-refractivity contribution < 1.29 is 4.42 Å². The first kappa shape index (κ1) is 33.0. The fraction of sp³-hybridized carbons (Fsp3) is 0. The first-order chi connectivity index (χ1) is 27.7. The van der Waals surface area contributed by atoms with Crippen molar-refractivity contribution in [2.75, 3.05) is 4.90 Å². The summed E-state index contributed by atoms with van der Waals surface area (Å²) >= 11 is 0. The molecule has 0 N–H and O–H groups in total. The molecule has 264 valence electrons. The maximum Gasteiger partial charge on any atom is 0.164 e. The summed E-state index contributed by atoms with van der Waals surface area (Å²) in [6, 6.07) is 71.0. The zero-order valence-corrected chi connectivity index (χ0v) is 30.3. The molecule has 0 saturated heterocycles. The summed E-state index contributed by atoms with van der Waals surface area (Å²) < 4.78 is 6.65. The fourth-order valence-electron chi connectivity index (χ4n) is 7.32. The fourth-order valence-corrected chi connectivity index (χ4v) is 7.32. The molecule has 5 heteroatoms. The van der Waals surface area contributed by atoms with Gasteiger partial charge in [0.25, 0.3) is 0 Å². The number of para-hydroxylation sites is 1. The molecule has 0 aliphatic heterocycles. The Morgan fingerprint density at radius 3 is 1.34 bits per heavy atom. The second-order valence-corrected chi connectivity index (χ2v) is 13.7. The van der Waals surface area contributed by atoms with E-state index in [1.807, 2.05) is 54.6 Å². The van der Waals surface area contributed by atoms with E-state index in [0.29, 0.717) is 17.5 Å². The third-order valence-electron chi connectivity index (χ3n) is 10.1. The number of nitrogens with zero attached hydrogens (tertiary/aromatic N) is 4. The molecule has 0 amide bonds. The molecule has 0 radical (unpaired) electrons. The number of fused-ring (bicyclic) bond motifs is 3. The van der Waals surface area contributed by atoms with E-state index < -0.39 is 0 Å². The maximum atomic E-state index is 6.65. The summed E-state index contributed by atoms with van der Waals surface area (Å²) in [7, 11) is 0. The third-order valence-corrected chi connectivity index (χ3v) is 10.1. The minimum absolute atomic E-state index is 0.580. The van der Waals surface area contributed by atoms with Crippen LogP contribution in [-0.2, 0) is 0 Å². The molecular weight excluding hydrogens is 685 g/mol. The Morgan fingerprint density at radius 1 is 0.286 bits per heavy atom. The van der Waals surface area contributed by atoms with E-state index in [9.17, 15) is 0 Å². The van der Waals surface area contributed by atoms with Crippen LogP contribution < -0.4 is 4.90 Å². The molecule has 0 unspecified atom stereocenters. The summed E-state index contributed by atoms with van der Waals surface area (Å²) in [5.41, 5.74) is 12.0. The quantitative estimate of drug-likeness (QED) is 0.157. The lowest BCUT2D eigenvalue weighted by Gasteiger charge is -2.25. The Kier molecular flexibility index (Phi) is 8.43. The second-order valence-electron chi connectivity index (χ2n) is 13.7. The van der Waals surface area contributed by atoms with Crippen molar-refractivity contribution in [3.8, 4) is 56.4 Å². The number of benzene rings is 8. The molecule has 0 aliphatic carbocycles. The van der Waals surface area contributed by atoms with Crippen molar-refractivity contribution >= 4 is 39.0 Å². The summed E-state index contributed by atoms with van der Waals surface area (Å²) in [5.74, 6) is 1.80. The highest BCUT2D eigenvalue weighted by molar-refractivity contribution is 6.07. The predicted octanol–water partition coefficient (Wildman–Crippen LogP) is 13.6. The van der Waals surface area contributed by atoms with Crippen LogP contribution in [0.2, 0.25) is 0 Å². The molecule has 5 nitrogen and oxygen atoms in total. The normalized spacial score (nSPS) is 11.2. The van der Waals surface area contributed by atoms with Gasteiger partial charge in [-0.2, -0.15) is 0 Å². The number of furan rings is 1. The van der Waals surface area contributed by atoms with Gasteiger partial charge in [0.1, 0.15) is 11.2 Å². The minimum atomic E-state index is 0.580. The lowest BCUT2D eigenvalue weighted by atomic mass is 10.0. The third kappa shape index (κ3) is 6.37. The lowest BCUT2D eigenvalue weighted by molar-refractivity contribution is 0.669. The van der Waals surface area contributed by atoms with Crippen LogP contribution in [0.3, 0.4) is 0 Å². The summed E-state index contributed by atoms with van der Waals surface area (Å²) in [5, 5.41) is 2.07. The van der Waals surface area contributed by atoms with E-state index in [0.717, 1.165) is 66.8 Å². The van der Waals surface area contributed by atoms with E-state index >= 15 is 0 Å². The highest BCUT2D eigenvalue weighted by Crippen LogP contribution is 2.40. The number of rotatable bonds is 8. The monoisotopic (exact) mass is 718 g/mol. The molecule has 10 aromatic rings. The van der Waals surface area contributed by atoms with Gasteiger partial charge in [0.2, 0.25) is 0 Å². The number of anilines is 3. The Labute approximate surface area is 324 Å². The van der Waals surface area contributed by atoms with Crippen LogP contribution in [0.5, 0.6) is 0 Å². The molecule has 0 aliphatic rings. The summed E-state index contributed by atoms with van der Waals surface area (Å²) in [6.07, 6.45) is 0. The number of hydrogen-bond donors (Lipinski definition) is 0. The Bertz CT molecular complexity index is 2950. The molecule has 2 aromatic heterocycles. The number of aromatic nitrogens is 3. The zero-order valence-electron chi connectivity index (χ0n) is 30.3. The molecule has 10 rings (SSSR count). The molecule has 2 heterocycles. The maximum absolute atomic E-state index is 6.65. The van der Waals surface area contributed by atoms with Gasteiger partial charge in [0.05, 0.1) is 0 Å². The second kappa shape index (κ2) is 14.3. The van der Waals surface area contributed by atoms with Gasteiger partial charge in [-0.1, -0.05) is 146 Å². The van der Waals surface area contributed by atoms with Crippen LogP contribution in [0.25, 0.3) is 78.4 Å². The van der Waals surface area contributed by atoms with Crippen LogP contribution >= 0.6 is 0 Å². The van der Waals surface area contributed by atoms with Crippen molar-refractivity contribution in [3.05, 3.63) is 206 Å². The Morgan fingerprint density at radius 2 is 0.696 bits per heavy atom.